The minimum absolute atomic E-state index is 0.0125. The summed E-state index contributed by atoms with van der Waals surface area (Å²) >= 11 is 0. The summed E-state index contributed by atoms with van der Waals surface area (Å²) in [6.45, 7) is 4.77. The Labute approximate surface area is 149 Å². The van der Waals surface area contributed by atoms with E-state index in [1.807, 2.05) is 0 Å². The average molecular weight is 353 g/mol. The summed E-state index contributed by atoms with van der Waals surface area (Å²) in [6, 6.07) is -0.381. The van der Waals surface area contributed by atoms with Crippen LogP contribution in [0.15, 0.2) is 0 Å². The minimum Gasteiger partial charge on any atom is -0.467 e. The number of nitrogens with one attached hydrogen (secondary N) is 3. The van der Waals surface area contributed by atoms with Gasteiger partial charge in [-0.05, 0) is 25.7 Å². The largest absolute Gasteiger partial charge is 0.467 e. The Morgan fingerprint density at radius 1 is 1.20 bits per heavy atom. The van der Waals surface area contributed by atoms with Gasteiger partial charge >= 0.3 is 5.97 Å². The van der Waals surface area contributed by atoms with Crippen molar-refractivity contribution in [1.82, 2.24) is 16.0 Å². The van der Waals surface area contributed by atoms with E-state index in [-0.39, 0.29) is 35.8 Å². The van der Waals surface area contributed by atoms with Crippen molar-refractivity contribution in [2.45, 2.75) is 70.4 Å². The van der Waals surface area contributed by atoms with Crippen molar-refractivity contribution in [2.75, 3.05) is 20.2 Å². The number of carbonyl (C=O) groups is 3. The number of ether oxygens (including phenoxy) is 1. The third-order valence-electron chi connectivity index (χ3n) is 6.03. The van der Waals surface area contributed by atoms with Crippen molar-refractivity contribution in [3.8, 4) is 0 Å². The second-order valence-electron chi connectivity index (χ2n) is 7.28. The fraction of sp³-hybridized carbons (Fsp3) is 0.833. The normalized spacial score (nSPS) is 24.4. The maximum Gasteiger partial charge on any atom is 0.331 e. The monoisotopic (exact) mass is 353 g/mol. The number of hydrogen-bond acceptors (Lipinski definition) is 5. The first kappa shape index (κ1) is 19.7. The third kappa shape index (κ3) is 3.97. The Balaban J connectivity index is 1.99. The first-order chi connectivity index (χ1) is 11.9. The molecule has 7 heteroatoms. The van der Waals surface area contributed by atoms with E-state index >= 15 is 0 Å². The number of rotatable bonds is 7. The summed E-state index contributed by atoms with van der Waals surface area (Å²) in [7, 11) is 1.35. The molecule has 0 aromatic carbocycles. The van der Waals surface area contributed by atoms with E-state index in [4.69, 9.17) is 4.74 Å². The zero-order chi connectivity index (χ0) is 18.5. The maximum atomic E-state index is 12.5. The molecule has 7 nitrogen and oxygen atoms in total. The molecule has 0 radical (unpaired) electrons. The first-order valence-corrected chi connectivity index (χ1v) is 9.33. The molecule has 142 valence electrons. The van der Waals surface area contributed by atoms with Crippen LogP contribution >= 0.6 is 0 Å². The molecule has 2 fully saturated rings. The van der Waals surface area contributed by atoms with Gasteiger partial charge in [0.2, 0.25) is 11.8 Å². The molecule has 2 aliphatic rings. The number of carbonyl (C=O) groups excluding carboxylic acids is 3. The van der Waals surface area contributed by atoms with E-state index in [2.05, 4.69) is 29.8 Å². The topological polar surface area (TPSA) is 96.5 Å². The molecule has 2 amide bonds. The van der Waals surface area contributed by atoms with Gasteiger partial charge in [0.05, 0.1) is 19.7 Å². The zero-order valence-electron chi connectivity index (χ0n) is 15.6. The minimum atomic E-state index is -0.920. The molecule has 0 bridgehead atoms. The molecule has 0 aromatic heterocycles. The molecular weight excluding hydrogens is 322 g/mol. The quantitative estimate of drug-likeness (QED) is 0.590. The van der Waals surface area contributed by atoms with Crippen LogP contribution in [-0.2, 0) is 19.1 Å². The number of methoxy groups -OCH3 is 1. The van der Waals surface area contributed by atoms with E-state index in [0.717, 1.165) is 32.1 Å². The van der Waals surface area contributed by atoms with Crippen molar-refractivity contribution in [2.24, 2.45) is 5.41 Å². The van der Waals surface area contributed by atoms with Crippen molar-refractivity contribution < 1.29 is 19.1 Å². The fourth-order valence-electron chi connectivity index (χ4n) is 4.20. The van der Waals surface area contributed by atoms with Gasteiger partial charge in [-0.1, -0.05) is 33.1 Å². The lowest BCUT2D eigenvalue weighted by molar-refractivity contribution is -0.152. The Morgan fingerprint density at radius 3 is 2.40 bits per heavy atom. The molecule has 1 heterocycles. The highest BCUT2D eigenvalue weighted by molar-refractivity contribution is 5.90. The molecule has 1 saturated carbocycles. The highest BCUT2D eigenvalue weighted by Gasteiger charge is 2.46. The van der Waals surface area contributed by atoms with Gasteiger partial charge in [-0.3, -0.25) is 14.9 Å². The molecule has 1 aliphatic heterocycles. The standard InChI is InChI=1S/C18H31N3O4/c1-4-17(5-2)12-20-15(23)14(17)19-11-13(22)21-18(16(24)25-3)9-7-6-8-10-18/h14,19H,4-12H2,1-3H3,(H,20,23)(H,21,22). The van der Waals surface area contributed by atoms with Crippen LogP contribution < -0.4 is 16.0 Å². The van der Waals surface area contributed by atoms with E-state index in [1.54, 1.807) is 0 Å². The molecule has 1 aliphatic carbocycles. The van der Waals surface area contributed by atoms with Crippen LogP contribution in [0.3, 0.4) is 0 Å². The van der Waals surface area contributed by atoms with Gasteiger partial charge in [0.15, 0.2) is 0 Å². The van der Waals surface area contributed by atoms with Crippen LogP contribution in [0.1, 0.15) is 58.8 Å². The molecule has 3 N–H and O–H groups in total. The average Bonchev–Trinajstić information content (AvgIpc) is 2.96. The SMILES string of the molecule is CCC1(CC)CNC(=O)C1NCC(=O)NC1(C(=O)OC)CCCCC1. The van der Waals surface area contributed by atoms with Gasteiger partial charge in [0, 0.05) is 12.0 Å². The second kappa shape index (κ2) is 8.17. The molecule has 2 rings (SSSR count). The lowest BCUT2D eigenvalue weighted by atomic mass is 9.77. The van der Waals surface area contributed by atoms with Gasteiger partial charge in [0.1, 0.15) is 5.54 Å². The van der Waals surface area contributed by atoms with Crippen LogP contribution in [0.4, 0.5) is 0 Å². The smallest absolute Gasteiger partial charge is 0.331 e. The zero-order valence-corrected chi connectivity index (χ0v) is 15.6. The van der Waals surface area contributed by atoms with Crippen LogP contribution in [0.25, 0.3) is 0 Å². The van der Waals surface area contributed by atoms with E-state index in [9.17, 15) is 14.4 Å². The van der Waals surface area contributed by atoms with Crippen LogP contribution in [0.2, 0.25) is 0 Å². The Morgan fingerprint density at radius 2 is 1.84 bits per heavy atom. The number of hydrogen-bond donors (Lipinski definition) is 3. The lowest BCUT2D eigenvalue weighted by Gasteiger charge is -2.36. The summed E-state index contributed by atoms with van der Waals surface area (Å²) in [5, 5.41) is 8.88. The summed E-state index contributed by atoms with van der Waals surface area (Å²) in [5.41, 5.74) is -1.08. The number of amides is 2. The van der Waals surface area contributed by atoms with Crippen molar-refractivity contribution in [3.63, 3.8) is 0 Å². The van der Waals surface area contributed by atoms with Crippen molar-refractivity contribution in [3.05, 3.63) is 0 Å². The summed E-state index contributed by atoms with van der Waals surface area (Å²) in [4.78, 5) is 36.8. The van der Waals surface area contributed by atoms with E-state index in [1.165, 1.54) is 7.11 Å². The van der Waals surface area contributed by atoms with Crippen LogP contribution in [0, 0.1) is 5.41 Å². The highest BCUT2D eigenvalue weighted by atomic mass is 16.5. The van der Waals surface area contributed by atoms with Crippen LogP contribution in [-0.4, -0.2) is 49.6 Å². The van der Waals surface area contributed by atoms with Gasteiger partial charge in [-0.25, -0.2) is 4.79 Å². The highest BCUT2D eigenvalue weighted by Crippen LogP contribution is 2.34. The van der Waals surface area contributed by atoms with Gasteiger partial charge in [-0.15, -0.1) is 0 Å². The first-order valence-electron chi connectivity index (χ1n) is 9.33. The predicted molar refractivity (Wildman–Crippen MR) is 93.8 cm³/mol. The maximum absolute atomic E-state index is 12.5. The molecule has 25 heavy (non-hydrogen) atoms. The number of esters is 1. The summed E-state index contributed by atoms with van der Waals surface area (Å²) in [6.07, 6.45) is 5.75. The molecule has 1 unspecified atom stereocenters. The van der Waals surface area contributed by atoms with E-state index < -0.39 is 5.54 Å². The van der Waals surface area contributed by atoms with Crippen LogP contribution in [0.5, 0.6) is 0 Å². The Hall–Kier alpha value is -1.63. The van der Waals surface area contributed by atoms with Gasteiger partial charge in [0.25, 0.3) is 0 Å². The lowest BCUT2D eigenvalue weighted by Crippen LogP contribution is -2.59. The van der Waals surface area contributed by atoms with Gasteiger partial charge < -0.3 is 15.4 Å². The molecular formula is C18H31N3O4. The third-order valence-corrected chi connectivity index (χ3v) is 6.03. The van der Waals surface area contributed by atoms with Gasteiger partial charge in [-0.2, -0.15) is 0 Å². The van der Waals surface area contributed by atoms with Crippen molar-refractivity contribution >= 4 is 17.8 Å². The van der Waals surface area contributed by atoms with E-state index in [0.29, 0.717) is 19.4 Å². The molecule has 0 aromatic rings. The Bertz CT molecular complexity index is 510. The molecule has 0 spiro atoms. The summed E-state index contributed by atoms with van der Waals surface area (Å²) < 4.78 is 4.92. The second-order valence-corrected chi connectivity index (χ2v) is 7.28. The molecule has 1 saturated heterocycles. The fourth-order valence-corrected chi connectivity index (χ4v) is 4.20. The van der Waals surface area contributed by atoms with Crippen molar-refractivity contribution in [1.29, 1.82) is 0 Å². The molecule has 1 atom stereocenters. The predicted octanol–water partition coefficient (Wildman–Crippen LogP) is 0.873. The Kier molecular flexibility index (Phi) is 6.43. The summed E-state index contributed by atoms with van der Waals surface area (Å²) in [5.74, 6) is -0.708.